The van der Waals surface area contributed by atoms with E-state index < -0.39 is 5.60 Å². The zero-order valence-corrected chi connectivity index (χ0v) is 12.8. The maximum Gasteiger partial charge on any atom is 0.410 e. The predicted octanol–water partition coefficient (Wildman–Crippen LogP) is 1.78. The van der Waals surface area contributed by atoms with Crippen LogP contribution in [0.1, 0.15) is 20.8 Å². The van der Waals surface area contributed by atoms with Crippen LogP contribution in [0.2, 0.25) is 0 Å². The Hall–Kier alpha value is -1.85. The average molecular weight is 290 g/mol. The van der Waals surface area contributed by atoms with Crippen molar-refractivity contribution in [3.05, 3.63) is 18.5 Å². The highest BCUT2D eigenvalue weighted by Gasteiger charge is 2.43. The van der Waals surface area contributed by atoms with Gasteiger partial charge >= 0.3 is 6.09 Å². The number of likely N-dealkylation sites (tertiary alicyclic amines) is 1. The van der Waals surface area contributed by atoms with Crippen molar-refractivity contribution in [2.75, 3.05) is 31.1 Å². The van der Waals surface area contributed by atoms with Gasteiger partial charge in [0, 0.05) is 50.4 Å². The smallest absolute Gasteiger partial charge is 0.410 e. The first-order valence-electron chi connectivity index (χ1n) is 7.42. The van der Waals surface area contributed by atoms with Crippen LogP contribution >= 0.6 is 0 Å². The summed E-state index contributed by atoms with van der Waals surface area (Å²) in [4.78, 5) is 24.8. The first-order chi connectivity index (χ1) is 9.92. The molecular formula is C15H22N4O2. The van der Waals surface area contributed by atoms with E-state index in [0.29, 0.717) is 11.8 Å². The monoisotopic (exact) mass is 290 g/mol. The van der Waals surface area contributed by atoms with Gasteiger partial charge in [-0.1, -0.05) is 0 Å². The molecule has 1 aromatic heterocycles. The topological polar surface area (TPSA) is 58.6 Å². The van der Waals surface area contributed by atoms with Gasteiger partial charge in [0.05, 0.1) is 0 Å². The Balaban J connectivity index is 1.58. The fourth-order valence-corrected chi connectivity index (χ4v) is 3.09. The summed E-state index contributed by atoms with van der Waals surface area (Å²) < 4.78 is 5.45. The largest absolute Gasteiger partial charge is 0.444 e. The molecule has 2 aliphatic rings. The lowest BCUT2D eigenvalue weighted by molar-refractivity contribution is 0.0282. The Morgan fingerprint density at radius 3 is 2.24 bits per heavy atom. The highest BCUT2D eigenvalue weighted by Crippen LogP contribution is 2.33. The molecule has 2 saturated heterocycles. The molecule has 3 rings (SSSR count). The van der Waals surface area contributed by atoms with Gasteiger partial charge in [-0.3, -0.25) is 0 Å². The first-order valence-corrected chi connectivity index (χ1v) is 7.42. The molecule has 0 aliphatic carbocycles. The summed E-state index contributed by atoms with van der Waals surface area (Å²) in [6.07, 6.45) is 3.34. The average Bonchev–Trinajstić information content (AvgIpc) is 2.95. The molecule has 114 valence electrons. The molecular weight excluding hydrogens is 268 g/mol. The van der Waals surface area contributed by atoms with E-state index in [9.17, 15) is 4.79 Å². The molecule has 0 saturated carbocycles. The van der Waals surface area contributed by atoms with Crippen molar-refractivity contribution in [2.24, 2.45) is 11.8 Å². The summed E-state index contributed by atoms with van der Waals surface area (Å²) in [5.74, 6) is 1.76. The van der Waals surface area contributed by atoms with Crippen LogP contribution in [0.4, 0.5) is 10.7 Å². The van der Waals surface area contributed by atoms with Crippen molar-refractivity contribution in [3.63, 3.8) is 0 Å². The quantitative estimate of drug-likeness (QED) is 0.789. The van der Waals surface area contributed by atoms with Gasteiger partial charge in [0.15, 0.2) is 0 Å². The number of anilines is 1. The second kappa shape index (κ2) is 5.16. The predicted molar refractivity (Wildman–Crippen MR) is 79.0 cm³/mol. The molecule has 3 heterocycles. The Labute approximate surface area is 125 Å². The van der Waals surface area contributed by atoms with Gasteiger partial charge in [0.25, 0.3) is 0 Å². The van der Waals surface area contributed by atoms with Crippen LogP contribution < -0.4 is 4.90 Å². The number of fused-ring (bicyclic) bond motifs is 1. The maximum atomic E-state index is 12.1. The number of carbonyl (C=O) groups excluding carboxylic acids is 1. The van der Waals surface area contributed by atoms with Gasteiger partial charge in [-0.2, -0.15) is 0 Å². The molecule has 6 heteroatoms. The summed E-state index contributed by atoms with van der Waals surface area (Å²) in [5, 5.41) is 0. The summed E-state index contributed by atoms with van der Waals surface area (Å²) in [6.45, 7) is 9.05. The maximum absolute atomic E-state index is 12.1. The van der Waals surface area contributed by atoms with Crippen LogP contribution in [-0.4, -0.2) is 52.7 Å². The Bertz CT molecular complexity index is 500. The van der Waals surface area contributed by atoms with Crippen molar-refractivity contribution in [2.45, 2.75) is 26.4 Å². The number of aromatic nitrogens is 2. The van der Waals surface area contributed by atoms with Gasteiger partial charge in [-0.15, -0.1) is 0 Å². The van der Waals surface area contributed by atoms with Crippen LogP contribution in [0.25, 0.3) is 0 Å². The van der Waals surface area contributed by atoms with Gasteiger partial charge in [0.2, 0.25) is 5.95 Å². The van der Waals surface area contributed by atoms with Crippen LogP contribution in [-0.2, 0) is 4.74 Å². The highest BCUT2D eigenvalue weighted by atomic mass is 16.6. The molecule has 1 aromatic rings. The Morgan fingerprint density at radius 2 is 1.71 bits per heavy atom. The molecule has 0 unspecified atom stereocenters. The molecule has 1 amide bonds. The van der Waals surface area contributed by atoms with E-state index in [2.05, 4.69) is 14.9 Å². The number of hydrogen-bond donors (Lipinski definition) is 0. The van der Waals surface area contributed by atoms with Crippen molar-refractivity contribution >= 4 is 12.0 Å². The van der Waals surface area contributed by atoms with Gasteiger partial charge < -0.3 is 14.5 Å². The second-order valence-electron chi connectivity index (χ2n) is 6.86. The molecule has 0 spiro atoms. The van der Waals surface area contributed by atoms with Crippen molar-refractivity contribution in [1.29, 1.82) is 0 Å². The molecule has 2 fully saturated rings. The van der Waals surface area contributed by atoms with Gasteiger partial charge in [-0.25, -0.2) is 14.8 Å². The molecule has 6 nitrogen and oxygen atoms in total. The molecule has 0 N–H and O–H groups in total. The van der Waals surface area contributed by atoms with E-state index in [1.54, 1.807) is 12.4 Å². The lowest BCUT2D eigenvalue weighted by Crippen LogP contribution is -2.37. The fourth-order valence-electron chi connectivity index (χ4n) is 3.09. The van der Waals surface area contributed by atoms with E-state index in [-0.39, 0.29) is 6.09 Å². The minimum atomic E-state index is -0.432. The summed E-state index contributed by atoms with van der Waals surface area (Å²) in [6, 6.07) is 1.82. The third-order valence-electron chi connectivity index (χ3n) is 3.97. The number of carbonyl (C=O) groups is 1. The lowest BCUT2D eigenvalue weighted by atomic mass is 10.0. The normalized spacial score (nSPS) is 25.1. The third kappa shape index (κ3) is 3.09. The first kappa shape index (κ1) is 14.1. The van der Waals surface area contributed by atoms with E-state index in [0.717, 1.165) is 32.1 Å². The Kier molecular flexibility index (Phi) is 3.47. The molecule has 0 radical (unpaired) electrons. The summed E-state index contributed by atoms with van der Waals surface area (Å²) in [5.41, 5.74) is -0.432. The fraction of sp³-hybridized carbons (Fsp3) is 0.667. The van der Waals surface area contributed by atoms with Crippen LogP contribution in [0.3, 0.4) is 0 Å². The van der Waals surface area contributed by atoms with Crippen LogP contribution in [0.15, 0.2) is 18.5 Å². The number of nitrogens with zero attached hydrogens (tertiary/aromatic N) is 4. The van der Waals surface area contributed by atoms with Crippen molar-refractivity contribution in [1.82, 2.24) is 14.9 Å². The number of ether oxygens (including phenoxy) is 1. The molecule has 21 heavy (non-hydrogen) atoms. The summed E-state index contributed by atoms with van der Waals surface area (Å²) >= 11 is 0. The van der Waals surface area contributed by atoms with E-state index >= 15 is 0 Å². The van der Waals surface area contributed by atoms with E-state index in [4.69, 9.17) is 4.74 Å². The summed E-state index contributed by atoms with van der Waals surface area (Å²) in [7, 11) is 0. The second-order valence-corrected chi connectivity index (χ2v) is 6.86. The SMILES string of the molecule is CC(C)(C)OC(=O)N1C[C@H]2CN(c3ncccn3)C[C@@H]2C1. The Morgan fingerprint density at radius 1 is 1.14 bits per heavy atom. The third-order valence-corrected chi connectivity index (χ3v) is 3.97. The van der Waals surface area contributed by atoms with E-state index in [1.165, 1.54) is 0 Å². The standard InChI is InChI=1S/C15H22N4O2/c1-15(2,3)21-14(20)19-9-11-7-18(8-12(11)10-19)13-16-5-4-6-17-13/h4-6,11-12H,7-10H2,1-3H3/t11-,12-/m1/s1. The van der Waals surface area contributed by atoms with Gasteiger partial charge in [-0.05, 0) is 26.8 Å². The van der Waals surface area contributed by atoms with Crippen molar-refractivity contribution < 1.29 is 9.53 Å². The van der Waals surface area contributed by atoms with Crippen molar-refractivity contribution in [3.8, 4) is 0 Å². The molecule has 0 bridgehead atoms. The minimum Gasteiger partial charge on any atom is -0.444 e. The minimum absolute atomic E-state index is 0.195. The number of rotatable bonds is 1. The zero-order chi connectivity index (χ0) is 15.0. The molecule has 0 aromatic carbocycles. The highest BCUT2D eigenvalue weighted by molar-refractivity contribution is 5.68. The number of hydrogen-bond acceptors (Lipinski definition) is 5. The van der Waals surface area contributed by atoms with E-state index in [1.807, 2.05) is 31.7 Å². The van der Waals surface area contributed by atoms with Crippen LogP contribution in [0.5, 0.6) is 0 Å². The lowest BCUT2D eigenvalue weighted by Gasteiger charge is -2.26. The zero-order valence-electron chi connectivity index (χ0n) is 12.8. The van der Waals surface area contributed by atoms with Gasteiger partial charge in [0.1, 0.15) is 5.60 Å². The number of amides is 1. The molecule has 2 atom stereocenters. The van der Waals surface area contributed by atoms with Crippen LogP contribution in [0, 0.1) is 11.8 Å². The molecule has 2 aliphatic heterocycles.